The Morgan fingerprint density at radius 3 is 2.41 bits per heavy atom. The molecular weight excluding hydrogens is 234 g/mol. The molecule has 0 atom stereocenters. The van der Waals surface area contributed by atoms with Gasteiger partial charge in [0.2, 0.25) is 0 Å². The molecule has 3 nitrogen and oxygen atoms in total. The van der Waals surface area contributed by atoms with E-state index >= 15 is 0 Å². The molecular formula is C13H19NO2S. The van der Waals surface area contributed by atoms with Gasteiger partial charge in [-0.25, -0.2) is 0 Å². The summed E-state index contributed by atoms with van der Waals surface area (Å²) in [5, 5.41) is 12.0. The van der Waals surface area contributed by atoms with Crippen LogP contribution in [0.5, 0.6) is 0 Å². The van der Waals surface area contributed by atoms with E-state index in [4.69, 9.17) is 5.11 Å². The van der Waals surface area contributed by atoms with Gasteiger partial charge in [0, 0.05) is 11.4 Å². The van der Waals surface area contributed by atoms with Crippen LogP contribution in [0.4, 0.5) is 0 Å². The molecule has 0 heterocycles. The highest BCUT2D eigenvalue weighted by atomic mass is 32.2. The summed E-state index contributed by atoms with van der Waals surface area (Å²) in [5.74, 6) is -0.824. The summed E-state index contributed by atoms with van der Waals surface area (Å²) in [5.41, 5.74) is 0.357. The summed E-state index contributed by atoms with van der Waals surface area (Å²) in [6, 6.07) is 8.34. The molecule has 0 unspecified atom stereocenters. The van der Waals surface area contributed by atoms with Gasteiger partial charge in [-0.15, -0.1) is 11.8 Å². The van der Waals surface area contributed by atoms with E-state index in [9.17, 15) is 4.79 Å². The molecule has 0 aliphatic heterocycles. The van der Waals surface area contributed by atoms with Gasteiger partial charge in [-0.3, -0.25) is 4.79 Å². The molecule has 0 saturated heterocycles. The van der Waals surface area contributed by atoms with E-state index in [2.05, 4.69) is 29.6 Å². The third-order valence-electron chi connectivity index (χ3n) is 2.67. The van der Waals surface area contributed by atoms with Gasteiger partial charge in [0.15, 0.2) is 0 Å². The van der Waals surface area contributed by atoms with Crippen molar-refractivity contribution in [1.29, 1.82) is 0 Å². The zero-order valence-electron chi connectivity index (χ0n) is 10.5. The minimum absolute atomic E-state index is 0.665. The van der Waals surface area contributed by atoms with Crippen molar-refractivity contribution < 1.29 is 9.90 Å². The SMILES string of the molecule is CSc1ccc(CCNC(C)(C)C(=O)O)cc1. The van der Waals surface area contributed by atoms with Gasteiger partial charge in [-0.2, -0.15) is 0 Å². The van der Waals surface area contributed by atoms with Gasteiger partial charge in [0.1, 0.15) is 5.54 Å². The third-order valence-corrected chi connectivity index (χ3v) is 3.42. The fourth-order valence-corrected chi connectivity index (χ4v) is 1.80. The lowest BCUT2D eigenvalue weighted by Crippen LogP contribution is -2.47. The first-order chi connectivity index (χ1) is 7.95. The van der Waals surface area contributed by atoms with Gasteiger partial charge >= 0.3 is 5.97 Å². The lowest BCUT2D eigenvalue weighted by atomic mass is 10.1. The van der Waals surface area contributed by atoms with E-state index in [0.29, 0.717) is 6.54 Å². The van der Waals surface area contributed by atoms with Crippen LogP contribution >= 0.6 is 11.8 Å². The van der Waals surface area contributed by atoms with Crippen molar-refractivity contribution in [2.45, 2.75) is 30.7 Å². The summed E-state index contributed by atoms with van der Waals surface area (Å²) in [6.45, 7) is 4.01. The summed E-state index contributed by atoms with van der Waals surface area (Å²) < 4.78 is 0. The van der Waals surface area contributed by atoms with Crippen LogP contribution in [-0.2, 0) is 11.2 Å². The lowest BCUT2D eigenvalue weighted by Gasteiger charge is -2.20. The molecule has 0 radical (unpaired) electrons. The molecule has 0 aromatic heterocycles. The van der Waals surface area contributed by atoms with Crippen molar-refractivity contribution in [3.63, 3.8) is 0 Å². The Bertz CT molecular complexity index is 374. The van der Waals surface area contributed by atoms with E-state index < -0.39 is 11.5 Å². The van der Waals surface area contributed by atoms with Gasteiger partial charge in [-0.1, -0.05) is 12.1 Å². The van der Waals surface area contributed by atoms with Gasteiger partial charge in [0.05, 0.1) is 0 Å². The Balaban J connectivity index is 2.43. The maximum Gasteiger partial charge on any atom is 0.323 e. The minimum Gasteiger partial charge on any atom is -0.480 e. The van der Waals surface area contributed by atoms with Crippen LogP contribution in [0.25, 0.3) is 0 Å². The van der Waals surface area contributed by atoms with Crippen molar-refractivity contribution in [1.82, 2.24) is 5.32 Å². The molecule has 2 N–H and O–H groups in total. The highest BCUT2D eigenvalue weighted by Gasteiger charge is 2.25. The number of hydrogen-bond acceptors (Lipinski definition) is 3. The number of rotatable bonds is 6. The standard InChI is InChI=1S/C13H19NO2S/c1-13(2,12(15)16)14-9-8-10-4-6-11(17-3)7-5-10/h4-7,14H,8-9H2,1-3H3,(H,15,16). The topological polar surface area (TPSA) is 49.3 Å². The van der Waals surface area contributed by atoms with Crippen molar-refractivity contribution in [2.24, 2.45) is 0 Å². The number of benzene rings is 1. The average molecular weight is 253 g/mol. The number of carbonyl (C=O) groups is 1. The van der Waals surface area contributed by atoms with Crippen LogP contribution in [0.3, 0.4) is 0 Å². The monoisotopic (exact) mass is 253 g/mol. The Labute approximate surface area is 107 Å². The molecule has 0 fully saturated rings. The van der Waals surface area contributed by atoms with Gasteiger partial charge in [0.25, 0.3) is 0 Å². The molecule has 4 heteroatoms. The molecule has 0 aliphatic carbocycles. The predicted molar refractivity (Wildman–Crippen MR) is 71.6 cm³/mol. The molecule has 0 spiro atoms. The largest absolute Gasteiger partial charge is 0.480 e. The predicted octanol–water partition coefficient (Wildman–Crippen LogP) is 2.40. The fourth-order valence-electron chi connectivity index (χ4n) is 1.39. The van der Waals surface area contributed by atoms with E-state index in [1.165, 1.54) is 10.5 Å². The van der Waals surface area contributed by atoms with Crippen LogP contribution < -0.4 is 5.32 Å². The molecule has 17 heavy (non-hydrogen) atoms. The normalized spacial score (nSPS) is 11.5. The van der Waals surface area contributed by atoms with Gasteiger partial charge in [-0.05, 0) is 44.2 Å². The third kappa shape index (κ3) is 4.40. The highest BCUT2D eigenvalue weighted by Crippen LogP contribution is 2.15. The maximum absolute atomic E-state index is 10.9. The molecule has 1 rings (SSSR count). The number of aliphatic carboxylic acids is 1. The van der Waals surface area contributed by atoms with Crippen LogP contribution in [0.2, 0.25) is 0 Å². The molecule has 0 saturated carbocycles. The second-order valence-electron chi connectivity index (χ2n) is 4.46. The van der Waals surface area contributed by atoms with Crippen molar-refractivity contribution in [2.75, 3.05) is 12.8 Å². The number of carboxylic acid groups (broad SMARTS) is 1. The molecule has 1 aromatic rings. The zero-order valence-corrected chi connectivity index (χ0v) is 11.3. The molecule has 0 bridgehead atoms. The van der Waals surface area contributed by atoms with Crippen molar-refractivity contribution in [3.8, 4) is 0 Å². The second kappa shape index (κ2) is 6.07. The molecule has 0 aliphatic rings. The van der Waals surface area contributed by atoms with E-state index in [1.54, 1.807) is 25.6 Å². The lowest BCUT2D eigenvalue weighted by molar-refractivity contribution is -0.143. The number of nitrogens with one attached hydrogen (secondary N) is 1. The van der Waals surface area contributed by atoms with Crippen LogP contribution in [0.1, 0.15) is 19.4 Å². The minimum atomic E-state index is -0.862. The average Bonchev–Trinajstić information content (AvgIpc) is 2.29. The number of thioether (sulfide) groups is 1. The number of carboxylic acids is 1. The Morgan fingerprint density at radius 2 is 1.94 bits per heavy atom. The highest BCUT2D eigenvalue weighted by molar-refractivity contribution is 7.98. The smallest absolute Gasteiger partial charge is 0.323 e. The summed E-state index contributed by atoms with van der Waals surface area (Å²) >= 11 is 1.72. The Hall–Kier alpha value is -1.00. The first-order valence-corrected chi connectivity index (χ1v) is 6.79. The van der Waals surface area contributed by atoms with Crippen LogP contribution in [-0.4, -0.2) is 29.4 Å². The van der Waals surface area contributed by atoms with Crippen LogP contribution in [0, 0.1) is 0 Å². The first kappa shape index (κ1) is 14.1. The second-order valence-corrected chi connectivity index (χ2v) is 5.33. The van der Waals surface area contributed by atoms with Gasteiger partial charge < -0.3 is 10.4 Å². The molecule has 94 valence electrons. The zero-order chi connectivity index (χ0) is 12.9. The summed E-state index contributed by atoms with van der Waals surface area (Å²) in [7, 11) is 0. The number of hydrogen-bond donors (Lipinski definition) is 2. The fraction of sp³-hybridized carbons (Fsp3) is 0.462. The van der Waals surface area contributed by atoms with E-state index in [1.807, 2.05) is 6.26 Å². The Kier molecular flexibility index (Phi) is 5.02. The van der Waals surface area contributed by atoms with Crippen molar-refractivity contribution in [3.05, 3.63) is 29.8 Å². The summed E-state index contributed by atoms with van der Waals surface area (Å²) in [6.07, 6.45) is 2.89. The van der Waals surface area contributed by atoms with E-state index in [-0.39, 0.29) is 0 Å². The summed E-state index contributed by atoms with van der Waals surface area (Å²) in [4.78, 5) is 12.1. The Morgan fingerprint density at radius 1 is 1.35 bits per heavy atom. The van der Waals surface area contributed by atoms with Crippen molar-refractivity contribution >= 4 is 17.7 Å². The molecule has 1 aromatic carbocycles. The molecule has 0 amide bonds. The van der Waals surface area contributed by atoms with Crippen LogP contribution in [0.15, 0.2) is 29.2 Å². The first-order valence-electron chi connectivity index (χ1n) is 5.57. The van der Waals surface area contributed by atoms with E-state index in [0.717, 1.165) is 6.42 Å². The quantitative estimate of drug-likeness (QED) is 0.764. The maximum atomic E-state index is 10.9.